The number of rotatable bonds is 2. The molecule has 0 saturated carbocycles. The number of carbonyl (C=O) groups is 1. The summed E-state index contributed by atoms with van der Waals surface area (Å²) in [5.41, 5.74) is 4.16. The van der Waals surface area contributed by atoms with Crippen LogP contribution < -0.4 is 5.32 Å². The zero-order valence-corrected chi connectivity index (χ0v) is 16.2. The Morgan fingerprint density at radius 2 is 2.07 bits per heavy atom. The van der Waals surface area contributed by atoms with Crippen LogP contribution in [0, 0.1) is 6.92 Å². The summed E-state index contributed by atoms with van der Waals surface area (Å²) in [4.78, 5) is 21.5. The molecule has 1 N–H and O–H groups in total. The SMILES string of the molecule is Cc1cn2cc(C3=CC(=O)N4C=C(N5CCNCC5)C=CC4P3)ccc2n1. The highest BCUT2D eigenvalue weighted by Crippen LogP contribution is 2.44. The molecular formula is C20H22N5OP. The van der Waals surface area contributed by atoms with E-state index in [4.69, 9.17) is 0 Å². The van der Waals surface area contributed by atoms with Crippen molar-refractivity contribution in [2.24, 2.45) is 0 Å². The van der Waals surface area contributed by atoms with Crippen molar-refractivity contribution < 1.29 is 4.79 Å². The van der Waals surface area contributed by atoms with E-state index in [9.17, 15) is 4.79 Å². The molecule has 27 heavy (non-hydrogen) atoms. The normalized spacial score (nSPS) is 23.6. The Labute approximate surface area is 160 Å². The predicted molar refractivity (Wildman–Crippen MR) is 109 cm³/mol. The number of imidazole rings is 1. The maximum atomic E-state index is 12.8. The van der Waals surface area contributed by atoms with Crippen LogP contribution in [0.1, 0.15) is 11.3 Å². The Morgan fingerprint density at radius 3 is 2.93 bits per heavy atom. The second-order valence-corrected chi connectivity index (χ2v) is 8.53. The number of fused-ring (bicyclic) bond motifs is 2. The first kappa shape index (κ1) is 16.7. The first-order chi connectivity index (χ1) is 13.2. The Bertz CT molecular complexity index is 999. The number of pyridine rings is 1. The third-order valence-electron chi connectivity index (χ3n) is 5.21. The fourth-order valence-corrected chi connectivity index (χ4v) is 5.19. The highest BCUT2D eigenvalue weighted by atomic mass is 31.1. The number of nitrogens with zero attached hydrogens (tertiary/aromatic N) is 4. The lowest BCUT2D eigenvalue weighted by molar-refractivity contribution is -0.123. The maximum absolute atomic E-state index is 12.8. The Balaban J connectivity index is 1.42. The first-order valence-corrected chi connectivity index (χ1v) is 10.4. The smallest absolute Gasteiger partial charge is 0.252 e. The van der Waals surface area contributed by atoms with Gasteiger partial charge in [0.15, 0.2) is 0 Å². The molecule has 0 aliphatic carbocycles. The number of hydrogen-bond acceptors (Lipinski definition) is 4. The third kappa shape index (κ3) is 3.09. The van der Waals surface area contributed by atoms with Crippen LogP contribution in [-0.4, -0.2) is 57.1 Å². The van der Waals surface area contributed by atoms with Gasteiger partial charge in [0, 0.05) is 50.8 Å². The van der Waals surface area contributed by atoms with Gasteiger partial charge in [0.05, 0.1) is 17.2 Å². The summed E-state index contributed by atoms with van der Waals surface area (Å²) in [7, 11) is 0.533. The summed E-state index contributed by atoms with van der Waals surface area (Å²) < 4.78 is 2.03. The quantitative estimate of drug-likeness (QED) is 0.813. The van der Waals surface area contributed by atoms with E-state index in [1.54, 1.807) is 6.08 Å². The first-order valence-electron chi connectivity index (χ1n) is 9.29. The minimum atomic E-state index is 0.0626. The number of hydrogen-bond donors (Lipinski definition) is 1. The molecule has 2 aromatic rings. The molecule has 2 unspecified atom stereocenters. The largest absolute Gasteiger partial charge is 0.368 e. The molecule has 0 radical (unpaired) electrons. The van der Waals surface area contributed by atoms with Gasteiger partial charge in [0.25, 0.3) is 5.91 Å². The molecule has 5 heterocycles. The van der Waals surface area contributed by atoms with E-state index in [1.807, 2.05) is 34.7 Å². The van der Waals surface area contributed by atoms with Crippen LogP contribution in [0.2, 0.25) is 0 Å². The predicted octanol–water partition coefficient (Wildman–Crippen LogP) is 2.15. The van der Waals surface area contributed by atoms with Gasteiger partial charge in [-0.15, -0.1) is 0 Å². The average Bonchev–Trinajstić information content (AvgIpc) is 3.07. The molecule has 6 nitrogen and oxygen atoms in total. The van der Waals surface area contributed by atoms with Gasteiger partial charge in [0.1, 0.15) is 5.65 Å². The summed E-state index contributed by atoms with van der Waals surface area (Å²) in [6, 6.07) is 4.09. The molecule has 3 aliphatic rings. The van der Waals surface area contributed by atoms with Crippen molar-refractivity contribution >= 4 is 25.4 Å². The fourth-order valence-electron chi connectivity index (χ4n) is 3.82. The maximum Gasteiger partial charge on any atom is 0.252 e. The summed E-state index contributed by atoms with van der Waals surface area (Å²) in [5.74, 6) is 0.178. The molecule has 1 amide bonds. The summed E-state index contributed by atoms with van der Waals surface area (Å²) in [6.45, 7) is 5.94. The zero-order chi connectivity index (χ0) is 18.4. The van der Waals surface area contributed by atoms with E-state index in [1.165, 1.54) is 0 Å². The fraction of sp³-hybridized carbons (Fsp3) is 0.300. The van der Waals surface area contributed by atoms with E-state index in [0.29, 0.717) is 8.58 Å². The van der Waals surface area contributed by atoms with Gasteiger partial charge >= 0.3 is 0 Å². The van der Waals surface area contributed by atoms with Gasteiger partial charge in [0.2, 0.25) is 0 Å². The molecule has 2 aromatic heterocycles. The van der Waals surface area contributed by atoms with Gasteiger partial charge in [-0.2, -0.15) is 0 Å². The molecule has 0 bridgehead atoms. The number of allylic oxidation sites excluding steroid dienone is 1. The van der Waals surface area contributed by atoms with E-state index in [-0.39, 0.29) is 11.7 Å². The minimum Gasteiger partial charge on any atom is -0.368 e. The molecule has 5 rings (SSSR count). The Kier molecular flexibility index (Phi) is 4.10. The standard InChI is InChI=1S/C20H22N5OP/c1-14-11-24-12-15(2-4-18(24)22-14)17-10-19(26)25-13-16(3-5-20(25)27-17)23-8-6-21-7-9-23/h2-5,10-13,20-21,27H,6-9H2,1H3. The molecule has 3 aliphatic heterocycles. The number of piperazine rings is 1. The summed E-state index contributed by atoms with van der Waals surface area (Å²) >= 11 is 0. The Morgan fingerprint density at radius 1 is 1.22 bits per heavy atom. The number of amides is 1. The van der Waals surface area contributed by atoms with E-state index < -0.39 is 0 Å². The number of carbonyl (C=O) groups excluding carboxylic acids is 1. The van der Waals surface area contributed by atoms with Crippen molar-refractivity contribution in [3.05, 3.63) is 65.9 Å². The molecule has 1 saturated heterocycles. The van der Waals surface area contributed by atoms with Crippen molar-refractivity contribution in [1.29, 1.82) is 0 Å². The van der Waals surface area contributed by atoms with Gasteiger partial charge in [-0.05, 0) is 36.0 Å². The van der Waals surface area contributed by atoms with Crippen molar-refractivity contribution in [3.8, 4) is 0 Å². The lowest BCUT2D eigenvalue weighted by atomic mass is 10.2. The van der Waals surface area contributed by atoms with E-state index >= 15 is 0 Å². The molecule has 0 aromatic carbocycles. The monoisotopic (exact) mass is 379 g/mol. The van der Waals surface area contributed by atoms with Gasteiger partial charge in [-0.3, -0.25) is 4.79 Å². The minimum absolute atomic E-state index is 0.0626. The van der Waals surface area contributed by atoms with Crippen molar-refractivity contribution in [2.45, 2.75) is 12.7 Å². The van der Waals surface area contributed by atoms with Crippen LogP contribution in [0.25, 0.3) is 11.0 Å². The van der Waals surface area contributed by atoms with Crippen molar-refractivity contribution in [2.75, 3.05) is 26.2 Å². The second-order valence-electron chi connectivity index (χ2n) is 7.11. The van der Waals surface area contributed by atoms with Gasteiger partial charge in [-0.1, -0.05) is 14.7 Å². The van der Waals surface area contributed by atoms with E-state index in [2.05, 4.69) is 39.6 Å². The molecular weight excluding hydrogens is 357 g/mol. The summed E-state index contributed by atoms with van der Waals surface area (Å²) in [6.07, 6.45) is 12.3. The van der Waals surface area contributed by atoms with Gasteiger partial charge < -0.3 is 19.5 Å². The molecule has 2 atom stereocenters. The zero-order valence-electron chi connectivity index (χ0n) is 15.2. The molecule has 0 spiro atoms. The van der Waals surface area contributed by atoms with Gasteiger partial charge in [-0.25, -0.2) is 4.98 Å². The number of aryl methyl sites for hydroxylation is 1. The Hall–Kier alpha value is -2.43. The third-order valence-corrected chi connectivity index (χ3v) is 6.72. The average molecular weight is 379 g/mol. The van der Waals surface area contributed by atoms with Crippen LogP contribution >= 0.6 is 8.58 Å². The number of aromatic nitrogens is 2. The topological polar surface area (TPSA) is 52.9 Å². The van der Waals surface area contributed by atoms with E-state index in [0.717, 1.165) is 54.1 Å². The van der Waals surface area contributed by atoms with Crippen LogP contribution in [0.5, 0.6) is 0 Å². The highest BCUT2D eigenvalue weighted by Gasteiger charge is 2.29. The van der Waals surface area contributed by atoms with Crippen LogP contribution in [-0.2, 0) is 4.79 Å². The van der Waals surface area contributed by atoms with Crippen LogP contribution in [0.4, 0.5) is 0 Å². The lowest BCUT2D eigenvalue weighted by Gasteiger charge is -2.37. The van der Waals surface area contributed by atoms with Crippen molar-refractivity contribution in [3.63, 3.8) is 0 Å². The summed E-state index contributed by atoms with van der Waals surface area (Å²) in [5, 5.41) is 4.48. The van der Waals surface area contributed by atoms with Crippen LogP contribution in [0.3, 0.4) is 0 Å². The number of nitrogens with one attached hydrogen (secondary N) is 1. The highest BCUT2D eigenvalue weighted by molar-refractivity contribution is 7.51. The lowest BCUT2D eigenvalue weighted by Crippen LogP contribution is -2.44. The molecule has 1 fully saturated rings. The molecule has 138 valence electrons. The van der Waals surface area contributed by atoms with Crippen molar-refractivity contribution in [1.82, 2.24) is 24.5 Å². The van der Waals surface area contributed by atoms with Crippen LogP contribution in [0.15, 0.2) is 54.7 Å². The molecule has 7 heteroatoms. The second kappa shape index (κ2) is 6.63.